The summed E-state index contributed by atoms with van der Waals surface area (Å²) >= 11 is 9.34. The summed E-state index contributed by atoms with van der Waals surface area (Å²) in [7, 11) is 0. The Hall–Kier alpha value is -0.410. The number of anilines is 1. The first-order chi connectivity index (χ1) is 4.33. The third kappa shape index (κ3) is 1.77. The van der Waals surface area contributed by atoms with Gasteiger partial charge < -0.3 is 4.72 Å². The molecule has 1 aromatic rings. The van der Waals surface area contributed by atoms with Gasteiger partial charge in [0.15, 0.2) is 0 Å². The van der Waals surface area contributed by atoms with Crippen LogP contribution in [-0.2, 0) is 0 Å². The van der Waals surface area contributed by atoms with E-state index in [2.05, 4.69) is 22.5 Å². The average Bonchev–Trinajstić information content (AvgIpc) is 1.90. The van der Waals surface area contributed by atoms with Gasteiger partial charge in [-0.25, -0.2) is 4.98 Å². The van der Waals surface area contributed by atoms with Crippen LogP contribution in [0.1, 0.15) is 0 Å². The lowest BCUT2D eigenvalue weighted by Crippen LogP contribution is -1.82. The lowest BCUT2D eigenvalue weighted by atomic mass is 10.5. The van der Waals surface area contributed by atoms with Crippen molar-refractivity contribution in [2.45, 2.75) is 0 Å². The Balaban J connectivity index is 2.88. The lowest BCUT2D eigenvalue weighted by molar-refractivity contribution is 1.34. The predicted molar refractivity (Wildman–Crippen MR) is 41.9 cm³/mol. The molecule has 9 heavy (non-hydrogen) atoms. The summed E-state index contributed by atoms with van der Waals surface area (Å²) in [5, 5.41) is 0.627. The molecule has 0 aliphatic carbocycles. The maximum atomic E-state index is 5.55. The van der Waals surface area contributed by atoms with Gasteiger partial charge in [-0.15, -0.1) is 0 Å². The smallest absolute Gasteiger partial charge is 0.135 e. The van der Waals surface area contributed by atoms with E-state index in [9.17, 15) is 0 Å². The molecular formula is C5H5ClN2S. The zero-order valence-electron chi connectivity index (χ0n) is 4.50. The molecule has 1 rings (SSSR count). The molecule has 48 valence electrons. The average molecular weight is 161 g/mol. The van der Waals surface area contributed by atoms with E-state index in [0.29, 0.717) is 10.8 Å². The zero-order chi connectivity index (χ0) is 6.69. The predicted octanol–water partition coefficient (Wildman–Crippen LogP) is 1.99. The first kappa shape index (κ1) is 6.71. The molecule has 0 fully saturated rings. The highest BCUT2D eigenvalue weighted by Gasteiger charge is 1.87. The first-order valence-corrected chi connectivity index (χ1v) is 3.17. The highest BCUT2D eigenvalue weighted by Crippen LogP contribution is 2.09. The van der Waals surface area contributed by atoms with Gasteiger partial charge in [0.25, 0.3) is 0 Å². The number of rotatable bonds is 1. The topological polar surface area (TPSA) is 24.9 Å². The fourth-order valence-electron chi connectivity index (χ4n) is 0.442. The van der Waals surface area contributed by atoms with Crippen LogP contribution in [0.5, 0.6) is 0 Å². The van der Waals surface area contributed by atoms with Crippen molar-refractivity contribution in [1.82, 2.24) is 4.98 Å². The quantitative estimate of drug-likeness (QED) is 0.615. The minimum absolute atomic E-state index is 0.627. The molecule has 0 radical (unpaired) electrons. The molecule has 1 N–H and O–H groups in total. The fraction of sp³-hybridized carbons (Fsp3) is 0. The third-order valence-corrected chi connectivity index (χ3v) is 1.29. The van der Waals surface area contributed by atoms with Gasteiger partial charge in [-0.1, -0.05) is 24.4 Å². The molecule has 1 aromatic heterocycles. The Bertz CT molecular complexity index is 187. The number of nitrogens with zero attached hydrogens (tertiary/aromatic N) is 1. The van der Waals surface area contributed by atoms with Crippen LogP contribution in [0.4, 0.5) is 5.82 Å². The van der Waals surface area contributed by atoms with Gasteiger partial charge >= 0.3 is 0 Å². The lowest BCUT2D eigenvalue weighted by Gasteiger charge is -1.94. The standard InChI is InChI=1S/C5H5ClN2S/c6-4-1-2-5(8-9)7-3-4/h1-3,9H,(H,7,8). The fourth-order valence-corrected chi connectivity index (χ4v) is 0.686. The van der Waals surface area contributed by atoms with Gasteiger partial charge in [0.1, 0.15) is 5.82 Å². The number of nitrogens with one attached hydrogen (secondary N) is 1. The molecule has 0 aliphatic rings. The molecular weight excluding hydrogens is 156 g/mol. The summed E-state index contributed by atoms with van der Waals surface area (Å²) in [6, 6.07) is 3.49. The van der Waals surface area contributed by atoms with Crippen LogP contribution >= 0.6 is 24.4 Å². The highest BCUT2D eigenvalue weighted by atomic mass is 35.5. The van der Waals surface area contributed by atoms with Gasteiger partial charge in [-0.3, -0.25) is 0 Å². The summed E-state index contributed by atoms with van der Waals surface area (Å²) < 4.78 is 2.58. The minimum Gasteiger partial charge on any atom is -0.317 e. The molecule has 1 heterocycles. The molecule has 0 saturated heterocycles. The third-order valence-electron chi connectivity index (χ3n) is 0.842. The van der Waals surface area contributed by atoms with Crippen molar-refractivity contribution in [2.24, 2.45) is 0 Å². The summed E-state index contributed by atoms with van der Waals surface area (Å²) in [6.45, 7) is 0. The molecule has 0 unspecified atom stereocenters. The van der Waals surface area contributed by atoms with Crippen LogP contribution in [-0.4, -0.2) is 4.98 Å². The van der Waals surface area contributed by atoms with Gasteiger partial charge in [0.2, 0.25) is 0 Å². The Morgan fingerprint density at radius 3 is 2.78 bits per heavy atom. The normalized spacial score (nSPS) is 9.11. The number of hydrogen-bond acceptors (Lipinski definition) is 3. The molecule has 4 heteroatoms. The van der Waals surface area contributed by atoms with Crippen LogP contribution in [0.15, 0.2) is 18.3 Å². The second-order valence-electron chi connectivity index (χ2n) is 1.47. The van der Waals surface area contributed by atoms with Crippen molar-refractivity contribution in [2.75, 3.05) is 4.72 Å². The van der Waals surface area contributed by atoms with Crippen molar-refractivity contribution < 1.29 is 0 Å². The monoisotopic (exact) mass is 160 g/mol. The summed E-state index contributed by atoms with van der Waals surface area (Å²) in [5.41, 5.74) is 0. The van der Waals surface area contributed by atoms with Crippen LogP contribution in [0.25, 0.3) is 0 Å². The van der Waals surface area contributed by atoms with E-state index in [1.165, 1.54) is 0 Å². The van der Waals surface area contributed by atoms with E-state index >= 15 is 0 Å². The summed E-state index contributed by atoms with van der Waals surface area (Å²) in [6.07, 6.45) is 1.56. The SMILES string of the molecule is SNc1ccc(Cl)cn1. The number of thiol groups is 1. The zero-order valence-corrected chi connectivity index (χ0v) is 6.15. The van der Waals surface area contributed by atoms with Crippen LogP contribution in [0, 0.1) is 0 Å². The summed E-state index contributed by atoms with van der Waals surface area (Å²) in [4.78, 5) is 3.88. The van der Waals surface area contributed by atoms with Gasteiger partial charge in [-0.2, -0.15) is 0 Å². The van der Waals surface area contributed by atoms with Crippen LogP contribution < -0.4 is 4.72 Å². The first-order valence-electron chi connectivity index (χ1n) is 2.34. The van der Waals surface area contributed by atoms with Crippen molar-refractivity contribution in [3.8, 4) is 0 Å². The Morgan fingerprint density at radius 1 is 1.56 bits per heavy atom. The maximum Gasteiger partial charge on any atom is 0.135 e. The molecule has 0 atom stereocenters. The van der Waals surface area contributed by atoms with Gasteiger partial charge in [0, 0.05) is 6.20 Å². The van der Waals surface area contributed by atoms with Gasteiger partial charge in [0.05, 0.1) is 5.02 Å². The minimum atomic E-state index is 0.627. The summed E-state index contributed by atoms with van der Waals surface area (Å²) in [5.74, 6) is 0.697. The second kappa shape index (κ2) is 2.94. The Labute approximate surface area is 63.8 Å². The molecule has 0 aliphatic heterocycles. The Kier molecular flexibility index (Phi) is 2.19. The number of aromatic nitrogens is 1. The van der Waals surface area contributed by atoms with E-state index in [0.717, 1.165) is 0 Å². The molecule has 0 saturated carbocycles. The number of hydrogen-bond donors (Lipinski definition) is 2. The Morgan fingerprint density at radius 2 is 2.33 bits per heavy atom. The van der Waals surface area contributed by atoms with Crippen LogP contribution in [0.3, 0.4) is 0 Å². The van der Waals surface area contributed by atoms with E-state index in [1.54, 1.807) is 18.3 Å². The molecule has 0 aromatic carbocycles. The molecule has 2 nitrogen and oxygen atoms in total. The van der Waals surface area contributed by atoms with Crippen molar-refractivity contribution in [3.05, 3.63) is 23.4 Å². The van der Waals surface area contributed by atoms with E-state index in [4.69, 9.17) is 11.6 Å². The second-order valence-corrected chi connectivity index (χ2v) is 2.13. The van der Waals surface area contributed by atoms with Crippen molar-refractivity contribution >= 4 is 30.2 Å². The number of halogens is 1. The van der Waals surface area contributed by atoms with E-state index in [1.807, 2.05) is 0 Å². The van der Waals surface area contributed by atoms with Gasteiger partial charge in [-0.05, 0) is 12.1 Å². The van der Waals surface area contributed by atoms with Crippen LogP contribution in [0.2, 0.25) is 5.02 Å². The maximum absolute atomic E-state index is 5.55. The molecule has 0 amide bonds. The van der Waals surface area contributed by atoms with E-state index in [-0.39, 0.29) is 0 Å². The largest absolute Gasteiger partial charge is 0.317 e. The van der Waals surface area contributed by atoms with E-state index < -0.39 is 0 Å². The van der Waals surface area contributed by atoms with Crippen molar-refractivity contribution in [3.63, 3.8) is 0 Å². The molecule has 0 bridgehead atoms. The molecule has 0 spiro atoms. The van der Waals surface area contributed by atoms with Crippen molar-refractivity contribution in [1.29, 1.82) is 0 Å². The highest BCUT2D eigenvalue weighted by molar-refractivity contribution is 7.81. The number of pyridine rings is 1.